The summed E-state index contributed by atoms with van der Waals surface area (Å²) in [4.78, 5) is 16.9. The van der Waals surface area contributed by atoms with Crippen LogP contribution in [0.1, 0.15) is 18.0 Å². The molecule has 0 spiro atoms. The van der Waals surface area contributed by atoms with Gasteiger partial charge < -0.3 is 15.4 Å². The van der Waals surface area contributed by atoms with Crippen molar-refractivity contribution in [2.75, 3.05) is 24.4 Å². The highest BCUT2D eigenvalue weighted by molar-refractivity contribution is 5.95. The van der Waals surface area contributed by atoms with Gasteiger partial charge in [-0.3, -0.25) is 10.4 Å². The van der Waals surface area contributed by atoms with Crippen molar-refractivity contribution < 1.29 is 18.3 Å². The van der Waals surface area contributed by atoms with E-state index in [2.05, 4.69) is 31.1 Å². The predicted octanol–water partition coefficient (Wildman–Crippen LogP) is 4.88. The van der Waals surface area contributed by atoms with Gasteiger partial charge in [-0.2, -0.15) is 5.10 Å². The van der Waals surface area contributed by atoms with Gasteiger partial charge in [0.15, 0.2) is 5.82 Å². The number of carbonyl (C=O) groups is 1. The average molecular weight is 452 g/mol. The zero-order valence-corrected chi connectivity index (χ0v) is 17.7. The molecule has 0 radical (unpaired) electrons. The molecule has 2 amide bonds. The SMILES string of the molecule is COCCC(NC(=O)Nc1cc2[nH]nc(Nc3ccc(F)cc3)c2cn1)c1ccc(F)cc1. The van der Waals surface area contributed by atoms with E-state index in [0.29, 0.717) is 41.3 Å². The van der Waals surface area contributed by atoms with E-state index in [0.717, 1.165) is 5.56 Å². The van der Waals surface area contributed by atoms with Crippen molar-refractivity contribution in [3.63, 3.8) is 0 Å². The van der Waals surface area contributed by atoms with Gasteiger partial charge in [0.1, 0.15) is 17.5 Å². The lowest BCUT2D eigenvalue weighted by molar-refractivity contribution is 0.183. The molecule has 33 heavy (non-hydrogen) atoms. The third-order valence-electron chi connectivity index (χ3n) is 4.98. The number of aromatic amines is 1. The van der Waals surface area contributed by atoms with Crippen molar-refractivity contribution in [1.29, 1.82) is 0 Å². The monoisotopic (exact) mass is 452 g/mol. The van der Waals surface area contributed by atoms with Crippen LogP contribution >= 0.6 is 0 Å². The fraction of sp³-hybridized carbons (Fsp3) is 0.174. The fourth-order valence-corrected chi connectivity index (χ4v) is 3.31. The van der Waals surface area contributed by atoms with E-state index in [1.807, 2.05) is 0 Å². The summed E-state index contributed by atoms with van der Waals surface area (Å²) in [6.45, 7) is 0.421. The Morgan fingerprint density at radius 1 is 1.09 bits per heavy atom. The Labute approximate surface area is 188 Å². The summed E-state index contributed by atoms with van der Waals surface area (Å²) in [5, 5.41) is 16.5. The van der Waals surface area contributed by atoms with Crippen molar-refractivity contribution >= 4 is 34.3 Å². The summed E-state index contributed by atoms with van der Waals surface area (Å²) < 4.78 is 31.5. The molecule has 0 bridgehead atoms. The molecule has 4 N–H and O–H groups in total. The highest BCUT2D eigenvalue weighted by atomic mass is 19.1. The van der Waals surface area contributed by atoms with Crippen LogP contribution in [0.15, 0.2) is 60.8 Å². The standard InChI is InChI=1S/C23H22F2N6O2/c1-33-11-10-19(14-2-4-15(24)5-3-14)28-23(32)29-21-12-20-18(13-26-21)22(31-30-20)27-17-8-6-16(25)7-9-17/h2-9,12-13,19H,10-11H2,1H3,(H2,27,30,31)(H2,26,28,29,32). The summed E-state index contributed by atoms with van der Waals surface area (Å²) in [6, 6.07) is 12.7. The Morgan fingerprint density at radius 3 is 2.48 bits per heavy atom. The molecule has 2 aromatic heterocycles. The normalized spacial score (nSPS) is 11.8. The Bertz CT molecular complexity index is 1230. The fourth-order valence-electron chi connectivity index (χ4n) is 3.31. The van der Waals surface area contributed by atoms with E-state index in [1.54, 1.807) is 43.6 Å². The maximum absolute atomic E-state index is 13.3. The minimum Gasteiger partial charge on any atom is -0.385 e. The molecule has 2 heterocycles. The van der Waals surface area contributed by atoms with E-state index < -0.39 is 6.03 Å². The van der Waals surface area contributed by atoms with Crippen LogP contribution in [0, 0.1) is 11.6 Å². The number of carbonyl (C=O) groups excluding carboxylic acids is 1. The number of methoxy groups -OCH3 is 1. The zero-order valence-electron chi connectivity index (χ0n) is 17.7. The minimum absolute atomic E-state index is 0.321. The number of nitrogens with zero attached hydrogens (tertiary/aromatic N) is 2. The van der Waals surface area contributed by atoms with Crippen LogP contribution < -0.4 is 16.0 Å². The highest BCUT2D eigenvalue weighted by Gasteiger charge is 2.16. The number of amides is 2. The molecule has 0 aliphatic rings. The average Bonchev–Trinajstić information content (AvgIpc) is 3.20. The molecular weight excluding hydrogens is 430 g/mol. The Kier molecular flexibility index (Phi) is 6.75. The summed E-state index contributed by atoms with van der Waals surface area (Å²) in [7, 11) is 1.57. The second kappa shape index (κ2) is 10.0. The molecular formula is C23H22F2N6O2. The molecule has 4 rings (SSSR count). The van der Waals surface area contributed by atoms with Crippen LogP contribution in [0.2, 0.25) is 0 Å². The second-order valence-corrected chi connectivity index (χ2v) is 7.30. The summed E-state index contributed by atoms with van der Waals surface area (Å²) in [5.74, 6) is 0.170. The molecule has 0 aliphatic heterocycles. The smallest absolute Gasteiger partial charge is 0.320 e. The lowest BCUT2D eigenvalue weighted by atomic mass is 10.0. The summed E-state index contributed by atoms with van der Waals surface area (Å²) in [6.07, 6.45) is 2.09. The number of rotatable bonds is 8. The molecule has 2 aromatic carbocycles. The maximum Gasteiger partial charge on any atom is 0.320 e. The van der Waals surface area contributed by atoms with Crippen molar-refractivity contribution in [3.8, 4) is 0 Å². The number of nitrogens with one attached hydrogen (secondary N) is 4. The van der Waals surface area contributed by atoms with Crippen LogP contribution in [0.25, 0.3) is 10.9 Å². The van der Waals surface area contributed by atoms with Crippen LogP contribution in [0.3, 0.4) is 0 Å². The molecule has 10 heteroatoms. The lowest BCUT2D eigenvalue weighted by Gasteiger charge is -2.19. The summed E-state index contributed by atoms with van der Waals surface area (Å²) >= 11 is 0. The number of benzene rings is 2. The number of anilines is 3. The zero-order chi connectivity index (χ0) is 23.2. The molecule has 4 aromatic rings. The lowest BCUT2D eigenvalue weighted by Crippen LogP contribution is -2.33. The number of hydrogen-bond donors (Lipinski definition) is 4. The molecule has 0 saturated carbocycles. The van der Waals surface area contributed by atoms with Gasteiger partial charge in [-0.05, 0) is 48.4 Å². The molecule has 1 atom stereocenters. The quantitative estimate of drug-likeness (QED) is 0.305. The maximum atomic E-state index is 13.3. The third-order valence-corrected chi connectivity index (χ3v) is 4.98. The first kappa shape index (κ1) is 22.2. The van der Waals surface area contributed by atoms with Crippen molar-refractivity contribution in [2.24, 2.45) is 0 Å². The van der Waals surface area contributed by atoms with E-state index in [9.17, 15) is 13.6 Å². The molecule has 0 saturated heterocycles. The summed E-state index contributed by atoms with van der Waals surface area (Å²) in [5.41, 5.74) is 2.09. The number of aromatic nitrogens is 3. The Balaban J connectivity index is 1.44. The Morgan fingerprint density at radius 2 is 1.79 bits per heavy atom. The van der Waals surface area contributed by atoms with Gasteiger partial charge in [0, 0.05) is 31.7 Å². The van der Waals surface area contributed by atoms with Crippen LogP contribution in [-0.2, 0) is 4.74 Å². The van der Waals surface area contributed by atoms with Crippen molar-refractivity contribution in [2.45, 2.75) is 12.5 Å². The minimum atomic E-state index is -0.462. The first-order valence-electron chi connectivity index (χ1n) is 10.2. The number of pyridine rings is 1. The Hall–Kier alpha value is -4.05. The van der Waals surface area contributed by atoms with E-state index in [-0.39, 0.29) is 17.7 Å². The van der Waals surface area contributed by atoms with Crippen molar-refractivity contribution in [1.82, 2.24) is 20.5 Å². The number of H-pyrrole nitrogens is 1. The van der Waals surface area contributed by atoms with Gasteiger partial charge in [0.05, 0.1) is 16.9 Å². The van der Waals surface area contributed by atoms with E-state index >= 15 is 0 Å². The second-order valence-electron chi connectivity index (χ2n) is 7.30. The molecule has 0 fully saturated rings. The van der Waals surface area contributed by atoms with Crippen LogP contribution in [0.5, 0.6) is 0 Å². The van der Waals surface area contributed by atoms with E-state index in [1.165, 1.54) is 24.3 Å². The van der Waals surface area contributed by atoms with Crippen LogP contribution in [0.4, 0.5) is 30.9 Å². The molecule has 170 valence electrons. The molecule has 8 nitrogen and oxygen atoms in total. The first-order valence-corrected chi connectivity index (χ1v) is 10.2. The molecule has 1 unspecified atom stereocenters. The third kappa shape index (κ3) is 5.60. The van der Waals surface area contributed by atoms with Gasteiger partial charge in [-0.1, -0.05) is 12.1 Å². The van der Waals surface area contributed by atoms with E-state index in [4.69, 9.17) is 4.74 Å². The number of fused-ring (bicyclic) bond motifs is 1. The van der Waals surface area contributed by atoms with Gasteiger partial charge in [0.2, 0.25) is 0 Å². The van der Waals surface area contributed by atoms with Gasteiger partial charge >= 0.3 is 6.03 Å². The molecule has 0 aliphatic carbocycles. The van der Waals surface area contributed by atoms with Crippen LogP contribution in [-0.4, -0.2) is 34.9 Å². The largest absolute Gasteiger partial charge is 0.385 e. The van der Waals surface area contributed by atoms with Gasteiger partial charge in [-0.15, -0.1) is 0 Å². The highest BCUT2D eigenvalue weighted by Crippen LogP contribution is 2.25. The van der Waals surface area contributed by atoms with Gasteiger partial charge in [-0.25, -0.2) is 18.6 Å². The first-order chi connectivity index (χ1) is 16.0. The van der Waals surface area contributed by atoms with Crippen molar-refractivity contribution in [3.05, 3.63) is 78.0 Å². The number of hydrogen-bond acceptors (Lipinski definition) is 5. The topological polar surface area (TPSA) is 104 Å². The van der Waals surface area contributed by atoms with Gasteiger partial charge in [0.25, 0.3) is 0 Å². The predicted molar refractivity (Wildman–Crippen MR) is 121 cm³/mol. The number of ether oxygens (including phenoxy) is 1. The number of halogens is 2. The number of urea groups is 1.